The first-order valence-corrected chi connectivity index (χ1v) is 8.55. The number of rotatable bonds is 2. The first-order valence-electron chi connectivity index (χ1n) is 6.35. The first-order chi connectivity index (χ1) is 9.02. The largest absolute Gasteiger partial charge is 0.307 e. The number of aromatic nitrogens is 2. The fourth-order valence-corrected chi connectivity index (χ4v) is 4.29. The molecular formula is C13H15ClN2O2S. The van der Waals surface area contributed by atoms with Crippen molar-refractivity contribution in [1.82, 2.24) is 9.38 Å². The predicted octanol–water partition coefficient (Wildman–Crippen LogP) is 2.36. The third kappa shape index (κ3) is 2.92. The van der Waals surface area contributed by atoms with Crippen molar-refractivity contribution >= 4 is 27.1 Å². The Balaban J connectivity index is 1.75. The van der Waals surface area contributed by atoms with E-state index in [1.165, 1.54) is 0 Å². The molecule has 0 bridgehead atoms. The molecule has 0 amide bonds. The molecule has 1 aliphatic heterocycles. The summed E-state index contributed by atoms with van der Waals surface area (Å²) in [5.41, 5.74) is 1.84. The summed E-state index contributed by atoms with van der Waals surface area (Å²) in [6.45, 7) is 0. The molecule has 1 aliphatic rings. The summed E-state index contributed by atoms with van der Waals surface area (Å²) in [7, 11) is -2.78. The van der Waals surface area contributed by atoms with Gasteiger partial charge in [-0.05, 0) is 37.3 Å². The van der Waals surface area contributed by atoms with Crippen molar-refractivity contribution < 1.29 is 8.42 Å². The zero-order valence-electron chi connectivity index (χ0n) is 10.4. The molecule has 0 saturated carbocycles. The highest BCUT2D eigenvalue weighted by atomic mass is 35.5. The van der Waals surface area contributed by atoms with Gasteiger partial charge in [0, 0.05) is 17.4 Å². The summed E-state index contributed by atoms with van der Waals surface area (Å²) in [6.07, 6.45) is 6.22. The molecule has 3 rings (SSSR count). The zero-order chi connectivity index (χ0) is 13.5. The van der Waals surface area contributed by atoms with Gasteiger partial charge in [0.2, 0.25) is 0 Å². The minimum absolute atomic E-state index is 0.316. The second-order valence-corrected chi connectivity index (χ2v) is 7.88. The van der Waals surface area contributed by atoms with Crippen LogP contribution in [0.15, 0.2) is 24.5 Å². The van der Waals surface area contributed by atoms with E-state index in [0.717, 1.165) is 30.6 Å². The van der Waals surface area contributed by atoms with Crippen LogP contribution in [0.1, 0.15) is 18.5 Å². The fourth-order valence-electron chi connectivity index (χ4n) is 2.55. The Morgan fingerprint density at radius 2 is 2.11 bits per heavy atom. The van der Waals surface area contributed by atoms with E-state index in [9.17, 15) is 8.42 Å². The molecule has 2 aromatic heterocycles. The molecule has 0 atom stereocenters. The van der Waals surface area contributed by atoms with Crippen molar-refractivity contribution in [2.24, 2.45) is 5.92 Å². The van der Waals surface area contributed by atoms with E-state index in [4.69, 9.17) is 11.6 Å². The van der Waals surface area contributed by atoms with Gasteiger partial charge in [0.25, 0.3) is 0 Å². The van der Waals surface area contributed by atoms with Crippen LogP contribution >= 0.6 is 11.6 Å². The number of nitrogens with zero attached hydrogens (tertiary/aromatic N) is 2. The van der Waals surface area contributed by atoms with Crippen molar-refractivity contribution in [2.45, 2.75) is 19.3 Å². The van der Waals surface area contributed by atoms with Crippen molar-refractivity contribution in [3.05, 3.63) is 35.2 Å². The molecule has 1 saturated heterocycles. The lowest BCUT2D eigenvalue weighted by Gasteiger charge is -2.20. The number of imidazole rings is 1. The Hall–Kier alpha value is -1.07. The van der Waals surface area contributed by atoms with E-state index >= 15 is 0 Å². The fraction of sp³-hybridized carbons (Fsp3) is 0.462. The summed E-state index contributed by atoms with van der Waals surface area (Å²) >= 11 is 5.93. The van der Waals surface area contributed by atoms with E-state index in [2.05, 4.69) is 4.98 Å². The molecule has 1 fully saturated rings. The van der Waals surface area contributed by atoms with Gasteiger partial charge in [-0.3, -0.25) is 0 Å². The topological polar surface area (TPSA) is 51.4 Å². The van der Waals surface area contributed by atoms with Crippen LogP contribution in [-0.2, 0) is 16.3 Å². The molecule has 0 unspecified atom stereocenters. The van der Waals surface area contributed by atoms with Crippen LogP contribution in [0.4, 0.5) is 0 Å². The van der Waals surface area contributed by atoms with Crippen LogP contribution in [0.25, 0.3) is 5.65 Å². The molecule has 6 heteroatoms. The van der Waals surface area contributed by atoms with E-state index in [-0.39, 0.29) is 0 Å². The third-order valence-corrected chi connectivity index (χ3v) is 5.59. The minimum Gasteiger partial charge on any atom is -0.307 e. The molecule has 0 radical (unpaired) electrons. The van der Waals surface area contributed by atoms with Crippen LogP contribution in [0.3, 0.4) is 0 Å². The molecule has 3 heterocycles. The normalized spacial score (nSPS) is 19.8. The molecule has 19 heavy (non-hydrogen) atoms. The molecule has 0 aromatic carbocycles. The standard InChI is InChI=1S/C13H15ClN2O2S/c14-11-1-4-16-9-12(15-13(16)8-11)7-10-2-5-19(17,18)6-3-10/h1,4,8-10H,2-3,5-7H2. The van der Waals surface area contributed by atoms with Gasteiger partial charge in [0.15, 0.2) is 0 Å². The maximum absolute atomic E-state index is 11.4. The van der Waals surface area contributed by atoms with Crippen LogP contribution in [0.5, 0.6) is 0 Å². The molecule has 4 nitrogen and oxygen atoms in total. The molecule has 0 spiro atoms. The van der Waals surface area contributed by atoms with E-state index in [0.29, 0.717) is 22.4 Å². The van der Waals surface area contributed by atoms with Crippen molar-refractivity contribution in [2.75, 3.05) is 11.5 Å². The lowest BCUT2D eigenvalue weighted by molar-refractivity contribution is 0.459. The Morgan fingerprint density at radius 1 is 1.37 bits per heavy atom. The average Bonchev–Trinajstić information content (AvgIpc) is 2.73. The summed E-state index contributed by atoms with van der Waals surface area (Å²) in [6, 6.07) is 3.66. The Labute approximate surface area is 117 Å². The van der Waals surface area contributed by atoms with Crippen molar-refractivity contribution in [1.29, 1.82) is 0 Å². The maximum Gasteiger partial charge on any atom is 0.150 e. The van der Waals surface area contributed by atoms with Crippen LogP contribution in [0.2, 0.25) is 5.02 Å². The molecule has 0 aliphatic carbocycles. The Bertz CT molecular complexity index is 695. The van der Waals surface area contributed by atoms with Gasteiger partial charge in [-0.15, -0.1) is 0 Å². The lowest BCUT2D eigenvalue weighted by Crippen LogP contribution is -2.24. The van der Waals surface area contributed by atoms with Gasteiger partial charge in [-0.2, -0.15) is 0 Å². The van der Waals surface area contributed by atoms with Gasteiger partial charge < -0.3 is 4.40 Å². The van der Waals surface area contributed by atoms with Gasteiger partial charge in [-0.25, -0.2) is 13.4 Å². The third-order valence-electron chi connectivity index (χ3n) is 3.64. The molecular weight excluding hydrogens is 284 g/mol. The second kappa shape index (κ2) is 4.80. The summed E-state index contributed by atoms with van der Waals surface area (Å²) in [5, 5.41) is 0.674. The lowest BCUT2D eigenvalue weighted by atomic mass is 9.97. The van der Waals surface area contributed by atoms with Gasteiger partial charge >= 0.3 is 0 Å². The highest BCUT2D eigenvalue weighted by molar-refractivity contribution is 7.91. The smallest absolute Gasteiger partial charge is 0.150 e. The van der Waals surface area contributed by atoms with Crippen LogP contribution < -0.4 is 0 Å². The van der Waals surface area contributed by atoms with Crippen molar-refractivity contribution in [3.8, 4) is 0 Å². The van der Waals surface area contributed by atoms with Crippen LogP contribution in [-0.4, -0.2) is 29.3 Å². The summed E-state index contributed by atoms with van der Waals surface area (Å²) < 4.78 is 24.7. The quantitative estimate of drug-likeness (QED) is 0.855. The number of hydrogen-bond acceptors (Lipinski definition) is 3. The second-order valence-electron chi connectivity index (χ2n) is 5.14. The number of fused-ring (bicyclic) bond motifs is 1. The molecule has 0 N–H and O–H groups in total. The highest BCUT2D eigenvalue weighted by Gasteiger charge is 2.24. The van der Waals surface area contributed by atoms with Gasteiger partial charge in [0.1, 0.15) is 15.5 Å². The number of hydrogen-bond donors (Lipinski definition) is 0. The van der Waals surface area contributed by atoms with Gasteiger partial charge in [0.05, 0.1) is 17.2 Å². The monoisotopic (exact) mass is 298 g/mol. The highest BCUT2D eigenvalue weighted by Crippen LogP contribution is 2.23. The summed E-state index contributed by atoms with van der Waals surface area (Å²) in [4.78, 5) is 4.53. The Morgan fingerprint density at radius 3 is 2.84 bits per heavy atom. The zero-order valence-corrected chi connectivity index (χ0v) is 12.0. The number of pyridine rings is 1. The predicted molar refractivity (Wildman–Crippen MR) is 75.3 cm³/mol. The molecule has 2 aromatic rings. The maximum atomic E-state index is 11.4. The SMILES string of the molecule is O=S1(=O)CCC(Cc2cn3ccc(Cl)cc3n2)CC1. The minimum atomic E-state index is -2.78. The molecule has 102 valence electrons. The number of sulfone groups is 1. The van der Waals surface area contributed by atoms with E-state index < -0.39 is 9.84 Å². The summed E-state index contributed by atoms with van der Waals surface area (Å²) in [5.74, 6) is 1.05. The van der Waals surface area contributed by atoms with E-state index in [1.807, 2.05) is 28.9 Å². The van der Waals surface area contributed by atoms with Gasteiger partial charge in [-0.1, -0.05) is 11.6 Å². The van der Waals surface area contributed by atoms with Crippen molar-refractivity contribution in [3.63, 3.8) is 0 Å². The first kappa shape index (κ1) is 12.9. The Kier molecular flexibility index (Phi) is 3.27. The van der Waals surface area contributed by atoms with E-state index in [1.54, 1.807) is 0 Å². The number of halogens is 1. The van der Waals surface area contributed by atoms with Crippen LogP contribution in [0, 0.1) is 5.92 Å². The average molecular weight is 299 g/mol.